The SMILES string of the molecule is O=C1Cc2ccccc2N1C1CC[C@@H]2[C@H]3CCCN4CCC[C@H](CN2C1=O)[C@@H]34. The molecule has 4 saturated heterocycles. The number of nitrogens with zero attached hydrogens (tertiary/aromatic N) is 3. The average Bonchev–Trinajstić information content (AvgIpc) is 3.05. The van der Waals surface area contributed by atoms with Gasteiger partial charge in [0.15, 0.2) is 0 Å². The van der Waals surface area contributed by atoms with Gasteiger partial charge in [0, 0.05) is 24.3 Å². The van der Waals surface area contributed by atoms with Gasteiger partial charge in [0.1, 0.15) is 6.04 Å². The lowest BCUT2D eigenvalue weighted by atomic mass is 9.67. The maximum absolute atomic E-state index is 13.7. The van der Waals surface area contributed by atoms with Crippen molar-refractivity contribution in [1.29, 1.82) is 0 Å². The molecule has 5 heteroatoms. The van der Waals surface area contributed by atoms with Crippen molar-refractivity contribution in [2.45, 2.75) is 63.1 Å². The molecule has 6 rings (SSSR count). The van der Waals surface area contributed by atoms with E-state index in [9.17, 15) is 9.59 Å². The smallest absolute Gasteiger partial charge is 0.246 e. The molecule has 0 aromatic heterocycles. The van der Waals surface area contributed by atoms with Crippen LogP contribution in [-0.4, -0.2) is 59.4 Å². The molecule has 0 aliphatic carbocycles. The van der Waals surface area contributed by atoms with Crippen LogP contribution >= 0.6 is 0 Å². The normalized spacial score (nSPS) is 37.5. The molecule has 0 spiro atoms. The van der Waals surface area contributed by atoms with Gasteiger partial charge < -0.3 is 4.90 Å². The van der Waals surface area contributed by atoms with Crippen LogP contribution in [0, 0.1) is 11.8 Å². The van der Waals surface area contributed by atoms with Crippen LogP contribution in [0.2, 0.25) is 0 Å². The maximum atomic E-state index is 13.7. The van der Waals surface area contributed by atoms with Gasteiger partial charge >= 0.3 is 0 Å². The number of hydrogen-bond donors (Lipinski definition) is 0. The Labute approximate surface area is 166 Å². The molecule has 1 unspecified atom stereocenters. The van der Waals surface area contributed by atoms with Crippen molar-refractivity contribution in [2.24, 2.45) is 11.8 Å². The monoisotopic (exact) mass is 379 g/mol. The molecule has 148 valence electrons. The van der Waals surface area contributed by atoms with Crippen molar-refractivity contribution >= 4 is 17.5 Å². The van der Waals surface area contributed by atoms with E-state index >= 15 is 0 Å². The lowest BCUT2D eigenvalue weighted by molar-refractivity contribution is -0.153. The fourth-order valence-electron chi connectivity index (χ4n) is 7.12. The number of fused-ring (bicyclic) bond motifs is 3. The topological polar surface area (TPSA) is 43.9 Å². The molecule has 0 bridgehead atoms. The van der Waals surface area contributed by atoms with Gasteiger partial charge in [0.05, 0.1) is 6.42 Å². The summed E-state index contributed by atoms with van der Waals surface area (Å²) in [4.78, 5) is 33.2. The fraction of sp³-hybridized carbons (Fsp3) is 0.652. The zero-order valence-corrected chi connectivity index (χ0v) is 16.4. The minimum Gasteiger partial charge on any atom is -0.337 e. The molecular formula is C23H29N3O2. The van der Waals surface area contributed by atoms with E-state index < -0.39 is 0 Å². The van der Waals surface area contributed by atoms with Gasteiger partial charge in [-0.25, -0.2) is 0 Å². The minimum atomic E-state index is -0.299. The highest BCUT2D eigenvalue weighted by atomic mass is 16.2. The van der Waals surface area contributed by atoms with E-state index in [-0.39, 0.29) is 17.9 Å². The summed E-state index contributed by atoms with van der Waals surface area (Å²) in [7, 11) is 0. The van der Waals surface area contributed by atoms with Crippen molar-refractivity contribution < 1.29 is 9.59 Å². The molecule has 5 atom stereocenters. The molecule has 5 aliphatic rings. The van der Waals surface area contributed by atoms with Gasteiger partial charge in [-0.2, -0.15) is 0 Å². The van der Waals surface area contributed by atoms with Crippen LogP contribution in [0.4, 0.5) is 5.69 Å². The van der Waals surface area contributed by atoms with Crippen LogP contribution < -0.4 is 4.90 Å². The van der Waals surface area contributed by atoms with Crippen LogP contribution in [-0.2, 0) is 16.0 Å². The first-order valence-electron chi connectivity index (χ1n) is 11.2. The number of para-hydroxylation sites is 1. The highest BCUT2D eigenvalue weighted by molar-refractivity contribution is 6.06. The van der Waals surface area contributed by atoms with Crippen molar-refractivity contribution in [2.75, 3.05) is 24.5 Å². The van der Waals surface area contributed by atoms with Crippen molar-refractivity contribution in [3.63, 3.8) is 0 Å². The summed E-state index contributed by atoms with van der Waals surface area (Å²) in [6.45, 7) is 3.40. The summed E-state index contributed by atoms with van der Waals surface area (Å²) in [5.74, 6) is 1.57. The Hall–Kier alpha value is -1.88. The van der Waals surface area contributed by atoms with Crippen LogP contribution in [0.1, 0.15) is 44.1 Å². The number of anilines is 1. The first kappa shape index (κ1) is 17.0. The second kappa shape index (κ2) is 6.31. The molecule has 0 radical (unpaired) electrons. The summed E-state index contributed by atoms with van der Waals surface area (Å²) < 4.78 is 0. The van der Waals surface area contributed by atoms with E-state index in [4.69, 9.17) is 0 Å². The molecule has 5 nitrogen and oxygen atoms in total. The molecule has 0 N–H and O–H groups in total. The van der Waals surface area contributed by atoms with E-state index in [1.54, 1.807) is 0 Å². The second-order valence-corrected chi connectivity index (χ2v) is 9.46. The van der Waals surface area contributed by atoms with Crippen LogP contribution in [0.5, 0.6) is 0 Å². The lowest BCUT2D eigenvalue weighted by Crippen LogP contribution is -2.69. The van der Waals surface area contributed by atoms with Gasteiger partial charge in [0.2, 0.25) is 11.8 Å². The first-order chi connectivity index (χ1) is 13.7. The van der Waals surface area contributed by atoms with Gasteiger partial charge in [-0.05, 0) is 75.1 Å². The quantitative estimate of drug-likeness (QED) is 0.753. The predicted molar refractivity (Wildman–Crippen MR) is 107 cm³/mol. The Morgan fingerprint density at radius 3 is 2.64 bits per heavy atom. The standard InChI is InChI=1S/C23H29N3O2/c27-21-13-15-5-1-2-8-18(15)26(21)20-10-9-19-17-7-4-12-24-11-3-6-16(22(17)24)14-25(19)23(20)28/h1-2,5,8,16-17,19-20,22H,3-4,6-7,9-14H2/t16-,17-,19-,20?,22+/m1/s1. The molecule has 2 amide bonds. The van der Waals surface area contributed by atoms with Crippen LogP contribution in [0.3, 0.4) is 0 Å². The van der Waals surface area contributed by atoms with Gasteiger partial charge in [-0.1, -0.05) is 18.2 Å². The lowest BCUT2D eigenvalue weighted by Gasteiger charge is -2.59. The van der Waals surface area contributed by atoms with E-state index in [2.05, 4.69) is 9.80 Å². The molecule has 5 aliphatic heterocycles. The predicted octanol–water partition coefficient (Wildman–Crippen LogP) is 2.44. The third kappa shape index (κ3) is 2.35. The summed E-state index contributed by atoms with van der Waals surface area (Å²) in [6.07, 6.45) is 7.35. The summed E-state index contributed by atoms with van der Waals surface area (Å²) >= 11 is 0. The van der Waals surface area contributed by atoms with Gasteiger partial charge in [0.25, 0.3) is 0 Å². The summed E-state index contributed by atoms with van der Waals surface area (Å²) in [5, 5.41) is 0. The fourth-order valence-corrected chi connectivity index (χ4v) is 7.12. The molecule has 5 heterocycles. The highest BCUT2D eigenvalue weighted by Gasteiger charge is 2.53. The molecule has 1 aromatic rings. The number of benzene rings is 1. The number of piperidine rings is 4. The molecule has 28 heavy (non-hydrogen) atoms. The van der Waals surface area contributed by atoms with Crippen LogP contribution in [0.25, 0.3) is 0 Å². The largest absolute Gasteiger partial charge is 0.337 e. The Balaban J connectivity index is 1.30. The van der Waals surface area contributed by atoms with Gasteiger partial charge in [-0.15, -0.1) is 0 Å². The zero-order valence-electron chi connectivity index (χ0n) is 16.4. The Morgan fingerprint density at radius 1 is 0.929 bits per heavy atom. The number of amides is 2. The molecule has 0 saturated carbocycles. The van der Waals surface area contributed by atoms with Crippen molar-refractivity contribution in [3.8, 4) is 0 Å². The van der Waals surface area contributed by atoms with E-state index in [0.29, 0.717) is 30.3 Å². The summed E-state index contributed by atoms with van der Waals surface area (Å²) in [6, 6.07) is 8.77. The Bertz CT molecular complexity index is 822. The van der Waals surface area contributed by atoms with E-state index in [0.717, 1.165) is 30.6 Å². The number of rotatable bonds is 1. The van der Waals surface area contributed by atoms with Crippen LogP contribution in [0.15, 0.2) is 24.3 Å². The highest BCUT2D eigenvalue weighted by Crippen LogP contribution is 2.46. The van der Waals surface area contributed by atoms with E-state index in [1.807, 2.05) is 29.2 Å². The minimum absolute atomic E-state index is 0.0920. The average molecular weight is 380 g/mol. The third-order valence-corrected chi connectivity index (χ3v) is 8.15. The summed E-state index contributed by atoms with van der Waals surface area (Å²) in [5.41, 5.74) is 2.03. The maximum Gasteiger partial charge on any atom is 0.246 e. The van der Waals surface area contributed by atoms with Crippen molar-refractivity contribution in [3.05, 3.63) is 29.8 Å². The molecular weight excluding hydrogens is 350 g/mol. The van der Waals surface area contributed by atoms with Gasteiger partial charge in [-0.3, -0.25) is 19.4 Å². The third-order valence-electron chi connectivity index (χ3n) is 8.15. The number of carbonyl (C=O) groups is 2. The zero-order chi connectivity index (χ0) is 18.8. The van der Waals surface area contributed by atoms with E-state index in [1.165, 1.54) is 38.8 Å². The number of carbonyl (C=O) groups excluding carboxylic acids is 2. The second-order valence-electron chi connectivity index (χ2n) is 9.46. The Morgan fingerprint density at radius 2 is 1.75 bits per heavy atom. The number of hydrogen-bond acceptors (Lipinski definition) is 3. The van der Waals surface area contributed by atoms with Crippen molar-refractivity contribution in [1.82, 2.24) is 9.80 Å². The Kier molecular flexibility index (Phi) is 3.84. The first-order valence-corrected chi connectivity index (χ1v) is 11.2. The molecule has 1 aromatic carbocycles. The molecule has 4 fully saturated rings.